The lowest BCUT2D eigenvalue weighted by molar-refractivity contribution is 0.565. The van der Waals surface area contributed by atoms with Gasteiger partial charge in [-0.2, -0.15) is 0 Å². The normalized spacial score (nSPS) is 10.6. The molecule has 0 aliphatic carbocycles. The first-order chi connectivity index (χ1) is 9.65. The quantitative estimate of drug-likeness (QED) is 0.849. The second kappa shape index (κ2) is 6.65. The zero-order valence-electron chi connectivity index (χ0n) is 11.3. The lowest BCUT2D eigenvalue weighted by Crippen LogP contribution is -2.02. The van der Waals surface area contributed by atoms with Crippen LogP contribution in [0.2, 0.25) is 0 Å². The van der Waals surface area contributed by atoms with Crippen LogP contribution in [-0.2, 0) is 6.42 Å². The third-order valence-electron chi connectivity index (χ3n) is 2.74. The molecule has 1 heterocycles. The van der Waals surface area contributed by atoms with E-state index in [9.17, 15) is 8.78 Å². The van der Waals surface area contributed by atoms with E-state index in [2.05, 4.69) is 22.2 Å². The minimum Gasteiger partial charge on any atom is -0.373 e. The number of nitrogens with one attached hydrogen (secondary N) is 1. The summed E-state index contributed by atoms with van der Waals surface area (Å²) in [5, 5.41) is 3.70. The third-order valence-corrected chi connectivity index (χ3v) is 3.84. The van der Waals surface area contributed by atoms with E-state index in [-0.39, 0.29) is 0 Å². The Bertz CT molecular complexity index is 605. The van der Waals surface area contributed by atoms with E-state index in [0.717, 1.165) is 30.3 Å². The van der Waals surface area contributed by atoms with E-state index in [4.69, 9.17) is 0 Å². The summed E-state index contributed by atoms with van der Waals surface area (Å²) < 4.78 is 26.6. The molecule has 6 heteroatoms. The summed E-state index contributed by atoms with van der Waals surface area (Å²) in [4.78, 5) is 8.73. The van der Waals surface area contributed by atoms with Crippen LogP contribution in [0.15, 0.2) is 34.4 Å². The van der Waals surface area contributed by atoms with Gasteiger partial charge in [0, 0.05) is 23.6 Å². The summed E-state index contributed by atoms with van der Waals surface area (Å²) in [7, 11) is 1.79. The molecule has 0 unspecified atom stereocenters. The fourth-order valence-corrected chi connectivity index (χ4v) is 2.76. The number of nitrogens with zero attached hydrogens (tertiary/aromatic N) is 2. The zero-order valence-corrected chi connectivity index (χ0v) is 12.1. The van der Waals surface area contributed by atoms with Gasteiger partial charge in [-0.15, -0.1) is 0 Å². The van der Waals surface area contributed by atoms with Crippen LogP contribution in [0.5, 0.6) is 0 Å². The van der Waals surface area contributed by atoms with E-state index in [1.165, 1.54) is 30.2 Å². The van der Waals surface area contributed by atoms with E-state index in [0.29, 0.717) is 9.92 Å². The molecule has 20 heavy (non-hydrogen) atoms. The Hall–Kier alpha value is -1.69. The van der Waals surface area contributed by atoms with Gasteiger partial charge in [-0.1, -0.05) is 25.1 Å². The van der Waals surface area contributed by atoms with Crippen LogP contribution in [0.4, 0.5) is 14.6 Å². The Kier molecular flexibility index (Phi) is 4.89. The fourth-order valence-electron chi connectivity index (χ4n) is 1.84. The molecule has 1 N–H and O–H groups in total. The van der Waals surface area contributed by atoms with Crippen molar-refractivity contribution in [2.24, 2.45) is 0 Å². The number of anilines is 1. The molecule has 0 aliphatic heterocycles. The van der Waals surface area contributed by atoms with Crippen molar-refractivity contribution in [3.8, 4) is 0 Å². The molecule has 0 saturated heterocycles. The number of hydrogen-bond donors (Lipinski definition) is 1. The number of halogens is 2. The van der Waals surface area contributed by atoms with Crippen molar-refractivity contribution in [2.45, 2.75) is 29.7 Å². The summed E-state index contributed by atoms with van der Waals surface area (Å²) in [6, 6.07) is 3.54. The van der Waals surface area contributed by atoms with E-state index in [1.54, 1.807) is 7.05 Å². The summed E-state index contributed by atoms with van der Waals surface area (Å²) >= 11 is 1.19. The first-order valence-electron chi connectivity index (χ1n) is 6.30. The molecule has 0 bridgehead atoms. The van der Waals surface area contributed by atoms with Crippen molar-refractivity contribution in [3.05, 3.63) is 41.7 Å². The minimum absolute atomic E-state index is 0.351. The van der Waals surface area contributed by atoms with Crippen LogP contribution in [0.1, 0.15) is 18.9 Å². The van der Waals surface area contributed by atoms with Gasteiger partial charge in [-0.05, 0) is 18.6 Å². The maximum absolute atomic E-state index is 13.7. The van der Waals surface area contributed by atoms with Crippen molar-refractivity contribution in [2.75, 3.05) is 12.4 Å². The zero-order chi connectivity index (χ0) is 14.5. The van der Waals surface area contributed by atoms with Crippen LogP contribution in [0.3, 0.4) is 0 Å². The second-order valence-electron chi connectivity index (χ2n) is 4.18. The lowest BCUT2D eigenvalue weighted by Gasteiger charge is -2.11. The fraction of sp³-hybridized carbons (Fsp3) is 0.286. The molecule has 0 radical (unpaired) electrons. The van der Waals surface area contributed by atoms with Crippen LogP contribution in [0, 0.1) is 11.6 Å². The average Bonchev–Trinajstić information content (AvgIpc) is 2.43. The van der Waals surface area contributed by atoms with Crippen molar-refractivity contribution in [1.82, 2.24) is 9.97 Å². The number of hydrogen-bond acceptors (Lipinski definition) is 4. The van der Waals surface area contributed by atoms with Gasteiger partial charge in [0.25, 0.3) is 0 Å². The Balaban J connectivity index is 2.37. The molecule has 2 rings (SSSR count). The monoisotopic (exact) mass is 295 g/mol. The van der Waals surface area contributed by atoms with Gasteiger partial charge < -0.3 is 5.32 Å². The smallest absolute Gasteiger partial charge is 0.140 e. The topological polar surface area (TPSA) is 37.8 Å². The Labute approximate surface area is 120 Å². The van der Waals surface area contributed by atoms with Gasteiger partial charge in [-0.3, -0.25) is 0 Å². The van der Waals surface area contributed by atoms with Gasteiger partial charge in [-0.25, -0.2) is 18.7 Å². The summed E-state index contributed by atoms with van der Waals surface area (Å²) in [6.07, 6.45) is 3.17. The first kappa shape index (κ1) is 14.7. The van der Waals surface area contributed by atoms with Crippen LogP contribution in [-0.4, -0.2) is 17.0 Å². The van der Waals surface area contributed by atoms with Gasteiger partial charge in [0.15, 0.2) is 0 Å². The molecule has 0 aliphatic rings. The third kappa shape index (κ3) is 3.25. The van der Waals surface area contributed by atoms with E-state index < -0.39 is 11.6 Å². The Morgan fingerprint density at radius 3 is 2.70 bits per heavy atom. The predicted octanol–water partition coefficient (Wildman–Crippen LogP) is 3.90. The van der Waals surface area contributed by atoms with Crippen LogP contribution < -0.4 is 5.32 Å². The molecule has 0 saturated carbocycles. The second-order valence-corrected chi connectivity index (χ2v) is 5.21. The SMILES string of the molecule is CCCc1c(NC)ncnc1Sc1ccc(F)cc1F. The average molecular weight is 295 g/mol. The number of aromatic nitrogens is 2. The van der Waals surface area contributed by atoms with Crippen molar-refractivity contribution < 1.29 is 8.78 Å². The standard InChI is InChI=1S/C14H15F2N3S/c1-3-4-10-13(17-2)18-8-19-14(10)20-12-6-5-9(15)7-11(12)16/h5-8H,3-4H2,1-2H3,(H,17,18,19). The molecule has 0 fully saturated rings. The summed E-state index contributed by atoms with van der Waals surface area (Å²) in [6.45, 7) is 2.05. The van der Waals surface area contributed by atoms with Crippen molar-refractivity contribution in [3.63, 3.8) is 0 Å². The molecule has 0 atom stereocenters. The van der Waals surface area contributed by atoms with E-state index >= 15 is 0 Å². The number of rotatable bonds is 5. The van der Waals surface area contributed by atoms with Crippen molar-refractivity contribution in [1.29, 1.82) is 0 Å². The van der Waals surface area contributed by atoms with Crippen molar-refractivity contribution >= 4 is 17.6 Å². The first-order valence-corrected chi connectivity index (χ1v) is 7.12. The highest BCUT2D eigenvalue weighted by Gasteiger charge is 2.13. The van der Waals surface area contributed by atoms with Gasteiger partial charge in [0.05, 0.1) is 0 Å². The lowest BCUT2D eigenvalue weighted by atomic mass is 10.2. The molecule has 1 aromatic heterocycles. The summed E-state index contributed by atoms with van der Waals surface area (Å²) in [5.74, 6) is -0.423. The highest BCUT2D eigenvalue weighted by Crippen LogP contribution is 2.33. The highest BCUT2D eigenvalue weighted by molar-refractivity contribution is 7.99. The molecule has 0 amide bonds. The number of benzene rings is 1. The highest BCUT2D eigenvalue weighted by atomic mass is 32.2. The maximum Gasteiger partial charge on any atom is 0.140 e. The molecule has 106 valence electrons. The Morgan fingerprint density at radius 2 is 2.05 bits per heavy atom. The summed E-state index contributed by atoms with van der Waals surface area (Å²) in [5.41, 5.74) is 0.950. The molecule has 2 aromatic rings. The minimum atomic E-state index is -0.584. The van der Waals surface area contributed by atoms with Gasteiger partial charge >= 0.3 is 0 Å². The van der Waals surface area contributed by atoms with Gasteiger partial charge in [0.2, 0.25) is 0 Å². The maximum atomic E-state index is 13.7. The largest absolute Gasteiger partial charge is 0.373 e. The molecule has 0 spiro atoms. The van der Waals surface area contributed by atoms with E-state index in [1.807, 2.05) is 0 Å². The molecule has 3 nitrogen and oxygen atoms in total. The van der Waals surface area contributed by atoms with Crippen LogP contribution in [0.25, 0.3) is 0 Å². The Morgan fingerprint density at radius 1 is 1.25 bits per heavy atom. The van der Waals surface area contributed by atoms with Crippen LogP contribution >= 0.6 is 11.8 Å². The molecular formula is C14H15F2N3S. The molecule has 1 aromatic carbocycles. The predicted molar refractivity (Wildman–Crippen MR) is 76.1 cm³/mol. The van der Waals surface area contributed by atoms with Gasteiger partial charge in [0.1, 0.15) is 28.8 Å². The molecular weight excluding hydrogens is 280 g/mol.